The Labute approximate surface area is 107 Å². The predicted molar refractivity (Wildman–Crippen MR) is 71.0 cm³/mol. The molecule has 0 saturated carbocycles. The average molecular weight is 253 g/mol. The normalized spacial score (nSPS) is 12.2. The highest BCUT2D eigenvalue weighted by atomic mass is 32.2. The zero-order chi connectivity index (χ0) is 12.7. The zero-order valence-corrected chi connectivity index (χ0v) is 11.4. The molecule has 4 heteroatoms. The number of hydrogen-bond acceptors (Lipinski definition) is 3. The van der Waals surface area contributed by atoms with Crippen molar-refractivity contribution < 1.29 is 9.53 Å². The van der Waals surface area contributed by atoms with Gasteiger partial charge >= 0.3 is 0 Å². The Hall–Kier alpha value is -1.00. The number of amides is 1. The summed E-state index contributed by atoms with van der Waals surface area (Å²) in [5.41, 5.74) is -0.461. The number of hydrogen-bond donors (Lipinski definition) is 0. The largest absolute Gasteiger partial charge is 0.360 e. The molecule has 0 aromatic heterocycles. The van der Waals surface area contributed by atoms with E-state index < -0.39 is 5.44 Å². The van der Waals surface area contributed by atoms with Gasteiger partial charge in [-0.3, -0.25) is 4.79 Å². The molecule has 1 aromatic rings. The van der Waals surface area contributed by atoms with Gasteiger partial charge in [0, 0.05) is 25.1 Å². The van der Waals surface area contributed by atoms with Crippen LogP contribution in [0.4, 0.5) is 0 Å². The van der Waals surface area contributed by atoms with Crippen LogP contribution in [0.25, 0.3) is 0 Å². The lowest BCUT2D eigenvalue weighted by Crippen LogP contribution is -2.38. The van der Waals surface area contributed by atoms with Gasteiger partial charge in [-0.2, -0.15) is 0 Å². The summed E-state index contributed by atoms with van der Waals surface area (Å²) in [6, 6.07) is 9.82. The first-order valence-corrected chi connectivity index (χ1v) is 6.64. The Morgan fingerprint density at radius 1 is 1.29 bits per heavy atom. The Morgan fingerprint density at radius 2 is 1.88 bits per heavy atom. The van der Waals surface area contributed by atoms with Gasteiger partial charge < -0.3 is 9.64 Å². The summed E-state index contributed by atoms with van der Waals surface area (Å²) in [6.45, 7) is 5.37. The molecule has 1 unspecified atom stereocenters. The molecule has 17 heavy (non-hydrogen) atoms. The predicted octanol–water partition coefficient (Wildman–Crippen LogP) is 2.62. The van der Waals surface area contributed by atoms with Gasteiger partial charge in [0.05, 0.1) is 0 Å². The fraction of sp³-hybridized carbons (Fsp3) is 0.462. The molecule has 0 aliphatic carbocycles. The second kappa shape index (κ2) is 7.35. The van der Waals surface area contributed by atoms with Crippen LogP contribution in [0, 0.1) is 0 Å². The summed E-state index contributed by atoms with van der Waals surface area (Å²) in [5.74, 6) is 0.0337. The van der Waals surface area contributed by atoms with E-state index in [-0.39, 0.29) is 5.91 Å². The summed E-state index contributed by atoms with van der Waals surface area (Å²) in [5, 5.41) is 0. The van der Waals surface area contributed by atoms with Crippen LogP contribution in [0.3, 0.4) is 0 Å². The van der Waals surface area contributed by atoms with E-state index in [0.717, 1.165) is 4.90 Å². The molecule has 0 N–H and O–H groups in total. The van der Waals surface area contributed by atoms with Crippen molar-refractivity contribution in [3.05, 3.63) is 30.3 Å². The van der Waals surface area contributed by atoms with Crippen molar-refractivity contribution in [2.75, 3.05) is 20.2 Å². The SMILES string of the molecule is CCN(CC)C(=O)C(OC)Sc1ccccc1. The number of likely N-dealkylation sites (N-methyl/N-ethyl adjacent to an activating group) is 1. The molecule has 0 spiro atoms. The van der Waals surface area contributed by atoms with E-state index in [1.165, 1.54) is 11.8 Å². The molecule has 1 amide bonds. The van der Waals surface area contributed by atoms with Gasteiger partial charge in [-0.05, 0) is 26.0 Å². The maximum atomic E-state index is 12.1. The molecule has 0 aliphatic heterocycles. The molecule has 0 radical (unpaired) electrons. The van der Waals surface area contributed by atoms with Crippen molar-refractivity contribution in [2.45, 2.75) is 24.2 Å². The van der Waals surface area contributed by atoms with E-state index in [1.807, 2.05) is 44.2 Å². The second-order valence-corrected chi connectivity index (χ2v) is 4.64. The van der Waals surface area contributed by atoms with E-state index in [0.29, 0.717) is 13.1 Å². The highest BCUT2D eigenvalue weighted by molar-refractivity contribution is 8.00. The van der Waals surface area contributed by atoms with Crippen molar-refractivity contribution in [2.24, 2.45) is 0 Å². The summed E-state index contributed by atoms with van der Waals surface area (Å²) in [7, 11) is 1.57. The Bertz CT molecular complexity index is 339. The Morgan fingerprint density at radius 3 is 2.35 bits per heavy atom. The molecule has 1 rings (SSSR count). The molecular weight excluding hydrogens is 234 g/mol. The number of carbonyl (C=O) groups excluding carboxylic acids is 1. The van der Waals surface area contributed by atoms with Crippen molar-refractivity contribution in [3.8, 4) is 0 Å². The molecule has 0 fully saturated rings. The minimum absolute atomic E-state index is 0.0337. The molecule has 1 aromatic carbocycles. The molecule has 0 heterocycles. The number of carbonyl (C=O) groups is 1. The van der Waals surface area contributed by atoms with Crippen molar-refractivity contribution in [3.63, 3.8) is 0 Å². The zero-order valence-electron chi connectivity index (χ0n) is 10.6. The summed E-state index contributed by atoms with van der Waals surface area (Å²) >= 11 is 1.44. The van der Waals surface area contributed by atoms with Crippen LogP contribution in [-0.4, -0.2) is 36.4 Å². The lowest BCUT2D eigenvalue weighted by Gasteiger charge is -2.23. The van der Waals surface area contributed by atoms with Gasteiger partial charge in [-0.15, -0.1) is 0 Å². The number of ether oxygens (including phenoxy) is 1. The van der Waals surface area contributed by atoms with Gasteiger partial charge in [-0.1, -0.05) is 30.0 Å². The molecule has 0 saturated heterocycles. The van der Waals surface area contributed by atoms with Crippen LogP contribution >= 0.6 is 11.8 Å². The summed E-state index contributed by atoms with van der Waals surface area (Å²) in [4.78, 5) is 14.9. The fourth-order valence-electron chi connectivity index (χ4n) is 1.51. The lowest BCUT2D eigenvalue weighted by molar-refractivity contribution is -0.136. The van der Waals surface area contributed by atoms with Gasteiger partial charge in [-0.25, -0.2) is 0 Å². The van der Waals surface area contributed by atoms with Crippen molar-refractivity contribution in [1.82, 2.24) is 4.90 Å². The summed E-state index contributed by atoms with van der Waals surface area (Å²) < 4.78 is 5.27. The van der Waals surface area contributed by atoms with Crippen LogP contribution in [0.2, 0.25) is 0 Å². The smallest absolute Gasteiger partial charge is 0.262 e. The minimum Gasteiger partial charge on any atom is -0.360 e. The number of benzene rings is 1. The first kappa shape index (κ1) is 14.1. The third-order valence-corrected chi connectivity index (χ3v) is 3.63. The lowest BCUT2D eigenvalue weighted by atomic mass is 10.4. The van der Waals surface area contributed by atoms with Crippen LogP contribution in [0.1, 0.15) is 13.8 Å². The standard InChI is InChI=1S/C13H19NO2S/c1-4-14(5-2)12(15)13(16-3)17-11-9-7-6-8-10-11/h6-10,13H,4-5H2,1-3H3. The van der Waals surface area contributed by atoms with Gasteiger partial charge in [0.25, 0.3) is 5.91 Å². The Balaban J connectivity index is 2.68. The molecule has 3 nitrogen and oxygen atoms in total. The van der Waals surface area contributed by atoms with Gasteiger partial charge in [0.15, 0.2) is 5.44 Å². The third kappa shape index (κ3) is 4.06. The molecule has 1 atom stereocenters. The monoisotopic (exact) mass is 253 g/mol. The number of methoxy groups -OCH3 is 1. The third-order valence-electron chi connectivity index (χ3n) is 2.48. The Kier molecular flexibility index (Phi) is 6.08. The number of thioether (sulfide) groups is 1. The molecular formula is C13H19NO2S. The van der Waals surface area contributed by atoms with Crippen molar-refractivity contribution >= 4 is 17.7 Å². The summed E-state index contributed by atoms with van der Waals surface area (Å²) in [6.07, 6.45) is 0. The highest BCUT2D eigenvalue weighted by Gasteiger charge is 2.23. The topological polar surface area (TPSA) is 29.5 Å². The van der Waals surface area contributed by atoms with E-state index in [2.05, 4.69) is 0 Å². The second-order valence-electron chi connectivity index (χ2n) is 3.51. The van der Waals surface area contributed by atoms with Crippen molar-refractivity contribution in [1.29, 1.82) is 0 Å². The highest BCUT2D eigenvalue weighted by Crippen LogP contribution is 2.24. The van der Waals surface area contributed by atoms with Crippen LogP contribution in [0.5, 0.6) is 0 Å². The average Bonchev–Trinajstić information content (AvgIpc) is 2.38. The van der Waals surface area contributed by atoms with Crippen LogP contribution in [0.15, 0.2) is 35.2 Å². The van der Waals surface area contributed by atoms with Gasteiger partial charge in [0.2, 0.25) is 0 Å². The van der Waals surface area contributed by atoms with E-state index in [9.17, 15) is 4.79 Å². The van der Waals surface area contributed by atoms with Crippen LogP contribution < -0.4 is 0 Å². The van der Waals surface area contributed by atoms with E-state index in [1.54, 1.807) is 12.0 Å². The first-order chi connectivity index (χ1) is 8.22. The fourth-order valence-corrected chi connectivity index (χ4v) is 2.41. The first-order valence-electron chi connectivity index (χ1n) is 5.76. The van der Waals surface area contributed by atoms with Gasteiger partial charge in [0.1, 0.15) is 0 Å². The number of rotatable bonds is 6. The minimum atomic E-state index is -0.461. The number of nitrogens with zero attached hydrogens (tertiary/aromatic N) is 1. The molecule has 0 aliphatic rings. The van der Waals surface area contributed by atoms with E-state index in [4.69, 9.17) is 4.74 Å². The van der Waals surface area contributed by atoms with Crippen LogP contribution in [-0.2, 0) is 9.53 Å². The van der Waals surface area contributed by atoms with E-state index >= 15 is 0 Å². The molecule has 94 valence electrons. The maximum Gasteiger partial charge on any atom is 0.262 e. The molecule has 0 bridgehead atoms. The quantitative estimate of drug-likeness (QED) is 0.576. The maximum absolute atomic E-state index is 12.1.